The molecule has 0 spiro atoms. The molecule has 0 saturated carbocycles. The van der Waals surface area contributed by atoms with Gasteiger partial charge in [0, 0.05) is 5.56 Å². The number of rotatable bonds is 3. The van der Waals surface area contributed by atoms with Gasteiger partial charge in [0.15, 0.2) is 0 Å². The van der Waals surface area contributed by atoms with E-state index >= 15 is 0 Å². The van der Waals surface area contributed by atoms with Crippen molar-refractivity contribution in [1.29, 1.82) is 0 Å². The minimum atomic E-state index is -4.51. The lowest BCUT2D eigenvalue weighted by atomic mass is 10.1. The van der Waals surface area contributed by atoms with Crippen molar-refractivity contribution in [2.45, 2.75) is 12.8 Å². The smallest absolute Gasteiger partial charge is 0.416 e. The van der Waals surface area contributed by atoms with E-state index in [0.29, 0.717) is 11.8 Å². The molecule has 2 aromatic carbocycles. The van der Waals surface area contributed by atoms with E-state index in [-0.39, 0.29) is 12.2 Å². The van der Waals surface area contributed by atoms with Crippen molar-refractivity contribution in [2.24, 2.45) is 0 Å². The summed E-state index contributed by atoms with van der Waals surface area (Å²) in [5, 5.41) is 9.54. The Labute approximate surface area is 112 Å². The Kier molecular flexibility index (Phi) is 3.83. The maximum atomic E-state index is 12.7. The third-order valence-electron chi connectivity index (χ3n) is 2.62. The summed E-state index contributed by atoms with van der Waals surface area (Å²) >= 11 is 0. The Morgan fingerprint density at radius 1 is 1.00 bits per heavy atom. The van der Waals surface area contributed by atoms with Gasteiger partial charge in [-0.2, -0.15) is 13.2 Å². The fourth-order valence-corrected chi connectivity index (χ4v) is 1.55. The van der Waals surface area contributed by atoms with Gasteiger partial charge in [0.2, 0.25) is 0 Å². The molecule has 0 amide bonds. The molecule has 6 heteroatoms. The van der Waals surface area contributed by atoms with Gasteiger partial charge in [-0.3, -0.25) is 0 Å². The molecule has 0 unspecified atom stereocenters. The van der Waals surface area contributed by atoms with Crippen molar-refractivity contribution in [3.05, 3.63) is 59.4 Å². The summed E-state index contributed by atoms with van der Waals surface area (Å²) < 4.78 is 55.1. The highest BCUT2D eigenvalue weighted by Crippen LogP contribution is 2.32. The van der Waals surface area contributed by atoms with Crippen molar-refractivity contribution in [3.63, 3.8) is 0 Å². The zero-order valence-electron chi connectivity index (χ0n) is 10.1. The van der Waals surface area contributed by atoms with Crippen LogP contribution in [0.25, 0.3) is 0 Å². The van der Waals surface area contributed by atoms with Crippen LogP contribution in [0.15, 0.2) is 42.5 Å². The number of alkyl halides is 3. The normalized spacial score (nSPS) is 11.4. The first kappa shape index (κ1) is 14.2. The second-order valence-electron chi connectivity index (χ2n) is 4.08. The number of phenols is 1. The first-order chi connectivity index (χ1) is 9.36. The van der Waals surface area contributed by atoms with Gasteiger partial charge in [-0.25, -0.2) is 4.39 Å². The zero-order chi connectivity index (χ0) is 14.8. The molecular weight excluding hydrogens is 276 g/mol. The van der Waals surface area contributed by atoms with E-state index in [1.807, 2.05) is 0 Å². The molecule has 0 saturated heterocycles. The van der Waals surface area contributed by atoms with Gasteiger partial charge >= 0.3 is 6.18 Å². The number of hydrogen-bond acceptors (Lipinski definition) is 2. The molecule has 0 fully saturated rings. The summed E-state index contributed by atoms with van der Waals surface area (Å²) in [5.41, 5.74) is -0.720. The number of benzene rings is 2. The van der Waals surface area contributed by atoms with Crippen LogP contribution in [0.1, 0.15) is 11.1 Å². The lowest BCUT2D eigenvalue weighted by Gasteiger charge is -2.11. The average molecular weight is 286 g/mol. The Hall–Kier alpha value is -2.24. The molecule has 2 rings (SSSR count). The minimum Gasteiger partial charge on any atom is -0.508 e. The monoisotopic (exact) mass is 286 g/mol. The first-order valence-electron chi connectivity index (χ1n) is 5.64. The van der Waals surface area contributed by atoms with Gasteiger partial charge in [-0.05, 0) is 36.4 Å². The Morgan fingerprint density at radius 3 is 2.20 bits per heavy atom. The van der Waals surface area contributed by atoms with Crippen LogP contribution in [0.3, 0.4) is 0 Å². The molecule has 1 N–H and O–H groups in total. The average Bonchev–Trinajstić information content (AvgIpc) is 2.38. The number of halogens is 4. The fraction of sp³-hybridized carbons (Fsp3) is 0.143. The van der Waals surface area contributed by atoms with Gasteiger partial charge in [-0.1, -0.05) is 6.07 Å². The summed E-state index contributed by atoms with van der Waals surface area (Å²) in [6, 6.07) is 7.81. The lowest BCUT2D eigenvalue weighted by Crippen LogP contribution is -2.05. The maximum Gasteiger partial charge on any atom is 0.416 e. The number of hydrogen-bond donors (Lipinski definition) is 1. The molecule has 0 aliphatic rings. The summed E-state index contributed by atoms with van der Waals surface area (Å²) in [6.07, 6.45) is -4.51. The van der Waals surface area contributed by atoms with Gasteiger partial charge in [-0.15, -0.1) is 0 Å². The lowest BCUT2D eigenvalue weighted by molar-refractivity contribution is -0.137. The van der Waals surface area contributed by atoms with Crippen LogP contribution in [0, 0.1) is 5.82 Å². The first-order valence-corrected chi connectivity index (χ1v) is 5.64. The third kappa shape index (κ3) is 3.40. The Morgan fingerprint density at radius 2 is 1.65 bits per heavy atom. The van der Waals surface area contributed by atoms with Crippen molar-refractivity contribution >= 4 is 0 Å². The fourth-order valence-electron chi connectivity index (χ4n) is 1.55. The summed E-state index contributed by atoms with van der Waals surface area (Å²) in [6.45, 7) is -0.115. The molecular formula is C14H10F4O2. The molecule has 0 atom stereocenters. The van der Waals surface area contributed by atoms with Gasteiger partial charge in [0.05, 0.1) is 5.56 Å². The highest BCUT2D eigenvalue weighted by molar-refractivity contribution is 5.37. The molecule has 0 aromatic heterocycles. The molecule has 0 heterocycles. The van der Waals surface area contributed by atoms with Crippen LogP contribution in [0.5, 0.6) is 11.5 Å². The summed E-state index contributed by atoms with van der Waals surface area (Å²) in [7, 11) is 0. The maximum absolute atomic E-state index is 12.7. The number of phenolic OH excluding ortho intramolecular Hbond substituents is 1. The SMILES string of the molecule is Oc1cc(C(F)(F)F)ccc1COc1ccc(F)cc1. The van der Waals surface area contributed by atoms with Crippen molar-refractivity contribution in [1.82, 2.24) is 0 Å². The summed E-state index contributed by atoms with van der Waals surface area (Å²) in [4.78, 5) is 0. The van der Waals surface area contributed by atoms with Crippen LogP contribution < -0.4 is 4.74 Å². The zero-order valence-corrected chi connectivity index (χ0v) is 10.1. The van der Waals surface area contributed by atoms with E-state index < -0.39 is 23.3 Å². The van der Waals surface area contributed by atoms with Crippen LogP contribution in [0.4, 0.5) is 17.6 Å². The third-order valence-corrected chi connectivity index (χ3v) is 2.62. The van der Waals surface area contributed by atoms with Crippen LogP contribution in [0.2, 0.25) is 0 Å². The van der Waals surface area contributed by atoms with Crippen molar-refractivity contribution in [2.75, 3.05) is 0 Å². The molecule has 106 valence electrons. The van der Waals surface area contributed by atoms with Gasteiger partial charge in [0.1, 0.15) is 23.9 Å². The van der Waals surface area contributed by atoms with E-state index in [1.54, 1.807) is 0 Å². The van der Waals surface area contributed by atoms with Gasteiger partial charge < -0.3 is 9.84 Å². The predicted molar refractivity (Wildman–Crippen MR) is 63.8 cm³/mol. The van der Waals surface area contributed by atoms with Crippen LogP contribution >= 0.6 is 0 Å². The molecule has 0 bridgehead atoms. The molecule has 2 nitrogen and oxygen atoms in total. The summed E-state index contributed by atoms with van der Waals surface area (Å²) in [5.74, 6) is -0.567. The van der Waals surface area contributed by atoms with E-state index in [2.05, 4.69) is 0 Å². The highest BCUT2D eigenvalue weighted by atomic mass is 19.4. The highest BCUT2D eigenvalue weighted by Gasteiger charge is 2.31. The minimum absolute atomic E-state index is 0.115. The number of aromatic hydroxyl groups is 1. The molecule has 20 heavy (non-hydrogen) atoms. The van der Waals surface area contributed by atoms with Crippen molar-refractivity contribution < 1.29 is 27.4 Å². The molecule has 0 radical (unpaired) electrons. The van der Waals surface area contributed by atoms with Gasteiger partial charge in [0.25, 0.3) is 0 Å². The van der Waals surface area contributed by atoms with E-state index in [0.717, 1.165) is 12.1 Å². The largest absolute Gasteiger partial charge is 0.508 e. The molecule has 0 aliphatic carbocycles. The Balaban J connectivity index is 2.08. The number of ether oxygens (including phenoxy) is 1. The second-order valence-corrected chi connectivity index (χ2v) is 4.08. The quantitative estimate of drug-likeness (QED) is 0.860. The van der Waals surface area contributed by atoms with Crippen LogP contribution in [-0.4, -0.2) is 5.11 Å². The topological polar surface area (TPSA) is 29.5 Å². The van der Waals surface area contributed by atoms with E-state index in [1.165, 1.54) is 24.3 Å². The molecule has 0 aliphatic heterocycles. The standard InChI is InChI=1S/C14H10F4O2/c15-11-3-5-12(6-4-11)20-8-9-1-2-10(7-13(9)19)14(16,17)18/h1-7,19H,8H2. The Bertz CT molecular complexity index is 591. The van der Waals surface area contributed by atoms with E-state index in [4.69, 9.17) is 4.74 Å². The van der Waals surface area contributed by atoms with Crippen LogP contribution in [-0.2, 0) is 12.8 Å². The predicted octanol–water partition coefficient (Wildman–Crippen LogP) is 4.13. The second kappa shape index (κ2) is 5.40. The van der Waals surface area contributed by atoms with E-state index in [9.17, 15) is 22.7 Å². The van der Waals surface area contributed by atoms with Crippen molar-refractivity contribution in [3.8, 4) is 11.5 Å². The molecule has 2 aromatic rings.